The van der Waals surface area contributed by atoms with Gasteiger partial charge in [-0.05, 0) is 60.4 Å². The number of benzene rings is 3. The third-order valence-electron chi connectivity index (χ3n) is 5.98. The molecule has 1 aliphatic heterocycles. The fourth-order valence-electron chi connectivity index (χ4n) is 4.32. The van der Waals surface area contributed by atoms with Crippen molar-refractivity contribution in [2.24, 2.45) is 5.92 Å². The summed E-state index contributed by atoms with van der Waals surface area (Å²) in [7, 11) is 1.60. The number of hydrogen-bond acceptors (Lipinski definition) is 5. The molecular formula is C27H27NO5. The van der Waals surface area contributed by atoms with Gasteiger partial charge in [0.1, 0.15) is 11.5 Å². The normalized spacial score (nSPS) is 18.4. The predicted molar refractivity (Wildman–Crippen MR) is 125 cm³/mol. The number of nitrogens with zero attached hydrogens (tertiary/aromatic N) is 1. The number of β-lactam (4-membered cyclic amide) rings is 1. The van der Waals surface area contributed by atoms with Gasteiger partial charge < -0.3 is 19.5 Å². The van der Waals surface area contributed by atoms with Gasteiger partial charge in [0.25, 0.3) is 0 Å². The van der Waals surface area contributed by atoms with Crippen LogP contribution in [-0.2, 0) is 9.59 Å². The van der Waals surface area contributed by atoms with Crippen molar-refractivity contribution in [2.45, 2.75) is 31.9 Å². The van der Waals surface area contributed by atoms with Crippen molar-refractivity contribution in [2.75, 3.05) is 12.0 Å². The monoisotopic (exact) mass is 445 g/mol. The Hall–Kier alpha value is -3.64. The molecule has 0 aromatic heterocycles. The smallest absolute Gasteiger partial charge is 0.308 e. The molecule has 1 saturated heterocycles. The number of amides is 1. The minimum atomic E-state index is -0.624. The minimum absolute atomic E-state index is 0.0227. The van der Waals surface area contributed by atoms with Gasteiger partial charge in [-0.25, -0.2) is 0 Å². The third kappa shape index (κ3) is 4.91. The summed E-state index contributed by atoms with van der Waals surface area (Å²) in [6.07, 6.45) is 0.414. The van der Waals surface area contributed by atoms with Gasteiger partial charge in [-0.2, -0.15) is 0 Å². The average molecular weight is 446 g/mol. The van der Waals surface area contributed by atoms with Gasteiger partial charge in [-0.1, -0.05) is 42.5 Å². The van der Waals surface area contributed by atoms with Gasteiger partial charge in [0.15, 0.2) is 0 Å². The summed E-state index contributed by atoms with van der Waals surface area (Å²) < 4.78 is 10.4. The topological polar surface area (TPSA) is 76.1 Å². The zero-order chi connectivity index (χ0) is 23.4. The molecule has 33 heavy (non-hydrogen) atoms. The van der Waals surface area contributed by atoms with E-state index in [2.05, 4.69) is 0 Å². The summed E-state index contributed by atoms with van der Waals surface area (Å²) in [5, 5.41) is 10.6. The van der Waals surface area contributed by atoms with E-state index in [9.17, 15) is 14.7 Å². The molecule has 4 rings (SSSR count). The average Bonchev–Trinajstić information content (AvgIpc) is 2.83. The molecule has 1 N–H and O–H groups in total. The summed E-state index contributed by atoms with van der Waals surface area (Å²) in [5.74, 6) is 0.564. The fourth-order valence-corrected chi connectivity index (χ4v) is 4.32. The number of esters is 1. The van der Waals surface area contributed by atoms with Gasteiger partial charge >= 0.3 is 5.97 Å². The van der Waals surface area contributed by atoms with Crippen LogP contribution in [0.1, 0.15) is 43.0 Å². The lowest BCUT2D eigenvalue weighted by Gasteiger charge is -2.48. The van der Waals surface area contributed by atoms with E-state index in [4.69, 9.17) is 9.47 Å². The van der Waals surface area contributed by atoms with E-state index < -0.39 is 6.10 Å². The van der Waals surface area contributed by atoms with E-state index in [1.807, 2.05) is 66.7 Å². The van der Waals surface area contributed by atoms with Crippen molar-refractivity contribution in [3.05, 3.63) is 90.0 Å². The SMILES string of the molecule is COc1ccc(N2C(=O)C(CC[C@H](O)c3ccccc3)C2c2ccc(OC(C)=O)cc2)cc1. The number of hydrogen-bond donors (Lipinski definition) is 1. The van der Waals surface area contributed by atoms with Crippen LogP contribution in [0.2, 0.25) is 0 Å². The third-order valence-corrected chi connectivity index (χ3v) is 5.98. The molecule has 3 atom stereocenters. The van der Waals surface area contributed by atoms with Gasteiger partial charge in [0.05, 0.1) is 25.2 Å². The molecule has 0 spiro atoms. The predicted octanol–water partition coefficient (Wildman–Crippen LogP) is 4.84. The summed E-state index contributed by atoms with van der Waals surface area (Å²) in [6.45, 7) is 1.36. The minimum Gasteiger partial charge on any atom is -0.497 e. The highest BCUT2D eigenvalue weighted by atomic mass is 16.5. The summed E-state index contributed by atoms with van der Waals surface area (Å²) in [4.78, 5) is 26.2. The van der Waals surface area contributed by atoms with E-state index in [1.54, 1.807) is 24.1 Å². The fraction of sp³-hybridized carbons (Fsp3) is 0.259. The van der Waals surface area contributed by atoms with Crippen molar-refractivity contribution < 1.29 is 24.2 Å². The summed E-state index contributed by atoms with van der Waals surface area (Å²) in [6, 6.07) is 23.9. The first-order valence-corrected chi connectivity index (χ1v) is 11.0. The molecule has 1 amide bonds. The van der Waals surface area contributed by atoms with Crippen LogP contribution in [0.15, 0.2) is 78.9 Å². The van der Waals surface area contributed by atoms with Crippen LogP contribution in [0.5, 0.6) is 11.5 Å². The van der Waals surface area contributed by atoms with Crippen LogP contribution in [0, 0.1) is 5.92 Å². The van der Waals surface area contributed by atoms with Gasteiger partial charge in [-0.15, -0.1) is 0 Å². The van der Waals surface area contributed by atoms with Crippen LogP contribution in [0.3, 0.4) is 0 Å². The molecule has 0 saturated carbocycles. The molecule has 6 nitrogen and oxygen atoms in total. The van der Waals surface area contributed by atoms with E-state index in [0.29, 0.717) is 18.6 Å². The van der Waals surface area contributed by atoms with Crippen molar-refractivity contribution in [1.82, 2.24) is 0 Å². The van der Waals surface area contributed by atoms with Crippen LogP contribution in [-0.4, -0.2) is 24.1 Å². The molecule has 0 radical (unpaired) electrons. The highest BCUT2D eigenvalue weighted by molar-refractivity contribution is 6.03. The molecule has 3 aromatic rings. The Balaban J connectivity index is 1.56. The zero-order valence-corrected chi connectivity index (χ0v) is 18.7. The van der Waals surface area contributed by atoms with E-state index in [1.165, 1.54) is 6.92 Å². The standard InChI is InChI=1S/C27H27NO5/c1-18(29)33-23-12-8-20(9-13-23)26-24(16-17-25(30)19-6-4-3-5-7-19)27(31)28(26)21-10-14-22(32-2)15-11-21/h3-15,24-26,30H,16-17H2,1-2H3/t24?,25-,26?/m0/s1. The number of carbonyl (C=O) groups is 2. The number of anilines is 1. The number of rotatable bonds is 8. The van der Waals surface area contributed by atoms with E-state index in [-0.39, 0.29) is 23.8 Å². The number of carbonyl (C=O) groups excluding carboxylic acids is 2. The number of ether oxygens (including phenoxy) is 2. The van der Waals surface area contributed by atoms with Crippen LogP contribution in [0.25, 0.3) is 0 Å². The molecule has 0 bridgehead atoms. The van der Waals surface area contributed by atoms with E-state index in [0.717, 1.165) is 22.6 Å². The van der Waals surface area contributed by atoms with Crippen molar-refractivity contribution in [3.63, 3.8) is 0 Å². The first-order valence-electron chi connectivity index (χ1n) is 11.0. The van der Waals surface area contributed by atoms with Crippen molar-refractivity contribution in [1.29, 1.82) is 0 Å². The Kier molecular flexibility index (Phi) is 6.75. The second-order valence-electron chi connectivity index (χ2n) is 8.12. The molecule has 6 heteroatoms. The maximum absolute atomic E-state index is 13.2. The Morgan fingerprint density at radius 2 is 1.61 bits per heavy atom. The molecular weight excluding hydrogens is 418 g/mol. The first kappa shape index (κ1) is 22.6. The maximum atomic E-state index is 13.2. The highest BCUT2D eigenvalue weighted by Crippen LogP contribution is 2.46. The highest BCUT2D eigenvalue weighted by Gasteiger charge is 2.48. The second kappa shape index (κ2) is 9.88. The lowest BCUT2D eigenvalue weighted by molar-refractivity contribution is -0.132. The Bertz CT molecular complexity index is 1100. The molecule has 0 aliphatic carbocycles. The van der Waals surface area contributed by atoms with Crippen LogP contribution < -0.4 is 14.4 Å². The largest absolute Gasteiger partial charge is 0.497 e. The first-order chi connectivity index (χ1) is 16.0. The quantitative estimate of drug-likeness (QED) is 0.305. The summed E-state index contributed by atoms with van der Waals surface area (Å²) >= 11 is 0. The lowest BCUT2D eigenvalue weighted by atomic mass is 9.78. The van der Waals surface area contributed by atoms with Gasteiger partial charge in [-0.3, -0.25) is 9.59 Å². The van der Waals surface area contributed by atoms with Gasteiger partial charge in [0.2, 0.25) is 5.91 Å². The second-order valence-corrected chi connectivity index (χ2v) is 8.12. The number of aliphatic hydroxyl groups excluding tert-OH is 1. The molecule has 1 fully saturated rings. The van der Waals surface area contributed by atoms with Crippen LogP contribution >= 0.6 is 0 Å². The number of aliphatic hydroxyl groups is 1. The van der Waals surface area contributed by atoms with Crippen molar-refractivity contribution >= 4 is 17.6 Å². The Labute approximate surface area is 193 Å². The lowest BCUT2D eigenvalue weighted by Crippen LogP contribution is -2.55. The molecule has 1 heterocycles. The van der Waals surface area contributed by atoms with Crippen molar-refractivity contribution in [3.8, 4) is 11.5 Å². The van der Waals surface area contributed by atoms with Gasteiger partial charge in [0, 0.05) is 12.6 Å². The molecule has 2 unspecified atom stereocenters. The Morgan fingerprint density at radius 3 is 2.21 bits per heavy atom. The zero-order valence-electron chi connectivity index (χ0n) is 18.7. The van der Waals surface area contributed by atoms with E-state index >= 15 is 0 Å². The molecule has 3 aromatic carbocycles. The van der Waals surface area contributed by atoms with Crippen LogP contribution in [0.4, 0.5) is 5.69 Å². The molecule has 170 valence electrons. The summed E-state index contributed by atoms with van der Waals surface area (Å²) in [5.41, 5.74) is 2.58. The number of methoxy groups -OCH3 is 1. The molecule has 1 aliphatic rings. The Morgan fingerprint density at radius 1 is 0.970 bits per heavy atom. The maximum Gasteiger partial charge on any atom is 0.308 e.